The van der Waals surface area contributed by atoms with Gasteiger partial charge in [0.25, 0.3) is 0 Å². The van der Waals surface area contributed by atoms with Crippen LogP contribution in [0.15, 0.2) is 24.3 Å². The van der Waals surface area contributed by atoms with Crippen LogP contribution in [0.3, 0.4) is 0 Å². The molecule has 1 rings (SSSR count). The average Bonchev–Trinajstić information content (AvgIpc) is 2.20. The van der Waals surface area contributed by atoms with Crippen LogP contribution in [0.25, 0.3) is 0 Å². The Morgan fingerprint density at radius 1 is 1.43 bits per heavy atom. The van der Waals surface area contributed by atoms with Gasteiger partial charge in [-0.05, 0) is 29.8 Å². The zero-order valence-electron chi connectivity index (χ0n) is 8.37. The van der Waals surface area contributed by atoms with Crippen molar-refractivity contribution in [2.75, 3.05) is 12.3 Å². The van der Waals surface area contributed by atoms with Crippen LogP contribution in [0.4, 0.5) is 0 Å². The molecule has 14 heavy (non-hydrogen) atoms. The van der Waals surface area contributed by atoms with Gasteiger partial charge in [0.1, 0.15) is 0 Å². The lowest BCUT2D eigenvalue weighted by Gasteiger charge is -2.08. The van der Waals surface area contributed by atoms with Crippen LogP contribution in [0.1, 0.15) is 12.5 Å². The third-order valence-electron chi connectivity index (χ3n) is 2.02. The second kappa shape index (κ2) is 6.33. The van der Waals surface area contributed by atoms with E-state index in [2.05, 4.69) is 13.0 Å². The summed E-state index contributed by atoms with van der Waals surface area (Å²) in [5.41, 5.74) is 6.75. The molecule has 3 heteroatoms. The molecule has 1 unspecified atom stereocenters. The number of thioether (sulfide) groups is 1. The number of rotatable bonds is 5. The highest BCUT2D eigenvalue weighted by Crippen LogP contribution is 2.21. The molecule has 2 N–H and O–H groups in total. The summed E-state index contributed by atoms with van der Waals surface area (Å²) in [6.45, 7) is 2.93. The smallest absolute Gasteiger partial charge is 0.0446 e. The van der Waals surface area contributed by atoms with E-state index in [0.29, 0.717) is 5.92 Å². The molecule has 0 aliphatic heterocycles. The van der Waals surface area contributed by atoms with Gasteiger partial charge in [0.15, 0.2) is 0 Å². The Kier molecular flexibility index (Phi) is 5.38. The average molecular weight is 230 g/mol. The number of nitrogens with two attached hydrogens (primary N) is 1. The number of hydrogen-bond acceptors (Lipinski definition) is 2. The Bertz CT molecular complexity index is 278. The van der Waals surface area contributed by atoms with Crippen molar-refractivity contribution in [3.05, 3.63) is 34.9 Å². The number of halogens is 1. The van der Waals surface area contributed by atoms with Gasteiger partial charge >= 0.3 is 0 Å². The summed E-state index contributed by atoms with van der Waals surface area (Å²) < 4.78 is 0. The first-order chi connectivity index (χ1) is 6.74. The minimum Gasteiger partial charge on any atom is -0.330 e. The molecule has 0 aliphatic carbocycles. The van der Waals surface area contributed by atoms with Crippen LogP contribution in [-0.2, 0) is 5.75 Å². The van der Waals surface area contributed by atoms with Crippen molar-refractivity contribution < 1.29 is 0 Å². The second-order valence-electron chi connectivity index (χ2n) is 3.45. The maximum absolute atomic E-state index is 6.04. The molecule has 0 fully saturated rings. The van der Waals surface area contributed by atoms with Crippen molar-refractivity contribution in [1.29, 1.82) is 0 Å². The van der Waals surface area contributed by atoms with Gasteiger partial charge in [-0.25, -0.2) is 0 Å². The molecule has 0 saturated carbocycles. The lowest BCUT2D eigenvalue weighted by Crippen LogP contribution is -2.12. The SMILES string of the molecule is CC(CN)CSCc1ccccc1Cl. The molecule has 1 nitrogen and oxygen atoms in total. The second-order valence-corrected chi connectivity index (χ2v) is 4.88. The first kappa shape index (κ1) is 11.9. The fraction of sp³-hybridized carbons (Fsp3) is 0.455. The molecule has 0 aromatic heterocycles. The summed E-state index contributed by atoms with van der Waals surface area (Å²) in [6, 6.07) is 7.99. The zero-order chi connectivity index (χ0) is 10.4. The summed E-state index contributed by atoms with van der Waals surface area (Å²) in [5, 5.41) is 0.861. The van der Waals surface area contributed by atoms with Crippen LogP contribution < -0.4 is 5.73 Å². The zero-order valence-corrected chi connectivity index (χ0v) is 9.94. The molecule has 0 saturated heterocycles. The van der Waals surface area contributed by atoms with Crippen LogP contribution in [0.2, 0.25) is 5.02 Å². The lowest BCUT2D eigenvalue weighted by atomic mass is 10.2. The van der Waals surface area contributed by atoms with Gasteiger partial charge < -0.3 is 5.73 Å². The molecule has 0 amide bonds. The van der Waals surface area contributed by atoms with E-state index in [1.54, 1.807) is 0 Å². The van der Waals surface area contributed by atoms with Gasteiger partial charge in [0, 0.05) is 10.8 Å². The van der Waals surface area contributed by atoms with Crippen LogP contribution in [-0.4, -0.2) is 12.3 Å². The predicted octanol–water partition coefficient (Wildman–Crippen LogP) is 3.17. The van der Waals surface area contributed by atoms with Crippen molar-refractivity contribution in [2.24, 2.45) is 11.7 Å². The van der Waals surface area contributed by atoms with E-state index in [1.807, 2.05) is 30.0 Å². The molecule has 1 atom stereocenters. The normalized spacial score (nSPS) is 12.8. The molecule has 1 aromatic carbocycles. The van der Waals surface area contributed by atoms with E-state index in [1.165, 1.54) is 5.56 Å². The molecule has 0 spiro atoms. The largest absolute Gasteiger partial charge is 0.330 e. The van der Waals surface area contributed by atoms with Gasteiger partial charge in [-0.15, -0.1) is 0 Å². The van der Waals surface area contributed by atoms with Crippen LogP contribution >= 0.6 is 23.4 Å². The predicted molar refractivity (Wildman–Crippen MR) is 65.8 cm³/mol. The van der Waals surface area contributed by atoms with E-state index in [4.69, 9.17) is 17.3 Å². The van der Waals surface area contributed by atoms with E-state index >= 15 is 0 Å². The topological polar surface area (TPSA) is 26.0 Å². The minimum absolute atomic E-state index is 0.586. The Hall–Kier alpha value is -0.180. The fourth-order valence-electron chi connectivity index (χ4n) is 1.05. The molecular weight excluding hydrogens is 214 g/mol. The van der Waals surface area contributed by atoms with Gasteiger partial charge in [0.05, 0.1) is 0 Å². The Morgan fingerprint density at radius 3 is 2.79 bits per heavy atom. The maximum atomic E-state index is 6.04. The quantitative estimate of drug-likeness (QED) is 0.840. The molecule has 0 heterocycles. The fourth-order valence-corrected chi connectivity index (χ4v) is 2.46. The van der Waals surface area contributed by atoms with Gasteiger partial charge in [-0.3, -0.25) is 0 Å². The Morgan fingerprint density at radius 2 is 2.14 bits per heavy atom. The number of hydrogen-bond donors (Lipinski definition) is 1. The lowest BCUT2D eigenvalue weighted by molar-refractivity contribution is 0.675. The maximum Gasteiger partial charge on any atom is 0.0446 e. The standard InChI is InChI=1S/C11H16ClNS/c1-9(6-13)7-14-8-10-4-2-3-5-11(10)12/h2-5,9H,6-8,13H2,1H3. The summed E-state index contributed by atoms with van der Waals surface area (Å²) >= 11 is 7.92. The molecule has 0 aliphatic rings. The summed E-state index contributed by atoms with van der Waals surface area (Å²) in [5.74, 6) is 2.66. The molecule has 78 valence electrons. The molecule has 1 aromatic rings. The van der Waals surface area contributed by atoms with E-state index in [9.17, 15) is 0 Å². The van der Waals surface area contributed by atoms with E-state index in [-0.39, 0.29) is 0 Å². The molecular formula is C11H16ClNS. The summed E-state index contributed by atoms with van der Waals surface area (Å²) in [4.78, 5) is 0. The van der Waals surface area contributed by atoms with Crippen molar-refractivity contribution >= 4 is 23.4 Å². The van der Waals surface area contributed by atoms with E-state index < -0.39 is 0 Å². The van der Waals surface area contributed by atoms with Crippen LogP contribution in [0, 0.1) is 5.92 Å². The van der Waals surface area contributed by atoms with Gasteiger partial charge in [-0.2, -0.15) is 11.8 Å². The van der Waals surface area contributed by atoms with Crippen molar-refractivity contribution in [1.82, 2.24) is 0 Å². The monoisotopic (exact) mass is 229 g/mol. The summed E-state index contributed by atoms with van der Waals surface area (Å²) in [7, 11) is 0. The Balaban J connectivity index is 2.35. The highest BCUT2D eigenvalue weighted by atomic mass is 35.5. The van der Waals surface area contributed by atoms with Crippen molar-refractivity contribution in [3.63, 3.8) is 0 Å². The van der Waals surface area contributed by atoms with Gasteiger partial charge in [0.2, 0.25) is 0 Å². The minimum atomic E-state index is 0.586. The highest BCUT2D eigenvalue weighted by molar-refractivity contribution is 7.98. The Labute approximate surface area is 95.0 Å². The van der Waals surface area contributed by atoms with Crippen molar-refractivity contribution in [2.45, 2.75) is 12.7 Å². The first-order valence-electron chi connectivity index (χ1n) is 4.75. The first-order valence-corrected chi connectivity index (χ1v) is 6.28. The molecule has 0 radical (unpaired) electrons. The summed E-state index contributed by atoms with van der Waals surface area (Å²) in [6.07, 6.45) is 0. The van der Waals surface area contributed by atoms with Crippen molar-refractivity contribution in [3.8, 4) is 0 Å². The van der Waals surface area contributed by atoms with Gasteiger partial charge in [-0.1, -0.05) is 36.7 Å². The van der Waals surface area contributed by atoms with Crippen LogP contribution in [0.5, 0.6) is 0 Å². The highest BCUT2D eigenvalue weighted by Gasteiger charge is 2.01. The third-order valence-corrected chi connectivity index (χ3v) is 3.71. The van der Waals surface area contributed by atoms with E-state index in [0.717, 1.165) is 23.1 Å². The number of benzene rings is 1. The third kappa shape index (κ3) is 3.91. The molecule has 0 bridgehead atoms.